The highest BCUT2D eigenvalue weighted by atomic mass is 19.1. The number of piperidine rings is 1. The van der Waals surface area contributed by atoms with Crippen molar-refractivity contribution >= 4 is 40.2 Å². The summed E-state index contributed by atoms with van der Waals surface area (Å²) in [5.41, 5.74) is 4.21. The second kappa shape index (κ2) is 9.79. The number of carbonyl (C=O) groups is 4. The van der Waals surface area contributed by atoms with Crippen molar-refractivity contribution < 1.29 is 23.6 Å². The summed E-state index contributed by atoms with van der Waals surface area (Å²) in [4.78, 5) is 55.4. The standard InChI is InChI=1S/C31H29FN8O4/c1-38-13-21-27(34-12-23(32)28(21)36-38)22-14-39(37-26(22)16-2-3-16)18-8-15(9-18)11-33-17-4-5-19-20(10-17)31(44)40(30(19)43)24-6-7-25(41)35-29(24)42/h4-5,10,12-16,18,24,33H,2-3,6-9,11H2,1H3,(H,35,41,42)/t15-,18-,24?. The maximum atomic E-state index is 14.4. The van der Waals surface area contributed by atoms with Crippen LogP contribution in [-0.2, 0) is 16.6 Å². The third-order valence-corrected chi connectivity index (χ3v) is 9.22. The first kappa shape index (κ1) is 26.7. The number of pyridine rings is 1. The van der Waals surface area contributed by atoms with Gasteiger partial charge in [0.25, 0.3) is 11.8 Å². The summed E-state index contributed by atoms with van der Waals surface area (Å²) in [6.07, 6.45) is 9.29. The monoisotopic (exact) mass is 596 g/mol. The third kappa shape index (κ3) is 4.28. The molecule has 2 aliphatic heterocycles. The first-order valence-corrected chi connectivity index (χ1v) is 14.9. The number of carbonyl (C=O) groups excluding carboxylic acids is 4. The smallest absolute Gasteiger partial charge is 0.262 e. The van der Waals surface area contributed by atoms with E-state index in [1.807, 2.05) is 10.9 Å². The van der Waals surface area contributed by atoms with E-state index in [-0.39, 0.29) is 30.0 Å². The predicted molar refractivity (Wildman–Crippen MR) is 155 cm³/mol. The van der Waals surface area contributed by atoms with Gasteiger partial charge in [-0.1, -0.05) is 0 Å². The van der Waals surface area contributed by atoms with Crippen molar-refractivity contribution in [2.75, 3.05) is 11.9 Å². The largest absolute Gasteiger partial charge is 0.385 e. The van der Waals surface area contributed by atoms with Crippen LogP contribution < -0.4 is 10.6 Å². The van der Waals surface area contributed by atoms with Gasteiger partial charge in [0.05, 0.1) is 34.8 Å². The van der Waals surface area contributed by atoms with Gasteiger partial charge in [-0.3, -0.25) is 43.7 Å². The molecule has 2 saturated carbocycles. The fraction of sp³-hybridized carbons (Fsp3) is 0.387. The first-order valence-electron chi connectivity index (χ1n) is 14.9. The molecule has 44 heavy (non-hydrogen) atoms. The van der Waals surface area contributed by atoms with Crippen molar-refractivity contribution in [1.29, 1.82) is 0 Å². The number of benzene rings is 1. The maximum absolute atomic E-state index is 14.4. The lowest BCUT2D eigenvalue weighted by atomic mass is 9.80. The highest BCUT2D eigenvalue weighted by molar-refractivity contribution is 6.23. The first-order chi connectivity index (χ1) is 21.2. The Balaban J connectivity index is 0.940. The molecule has 3 fully saturated rings. The number of fused-ring (bicyclic) bond motifs is 2. The molecule has 2 aliphatic carbocycles. The lowest BCUT2D eigenvalue weighted by molar-refractivity contribution is -0.136. The van der Waals surface area contributed by atoms with Gasteiger partial charge in [0.15, 0.2) is 5.82 Å². The van der Waals surface area contributed by atoms with Gasteiger partial charge in [0.1, 0.15) is 11.6 Å². The van der Waals surface area contributed by atoms with Crippen molar-refractivity contribution in [2.45, 2.75) is 56.5 Å². The van der Waals surface area contributed by atoms with Crippen LogP contribution in [0.2, 0.25) is 0 Å². The molecule has 4 amide bonds. The summed E-state index contributed by atoms with van der Waals surface area (Å²) in [5, 5.41) is 15.6. The van der Waals surface area contributed by atoms with E-state index in [2.05, 4.69) is 20.7 Å². The lowest BCUT2D eigenvalue weighted by Gasteiger charge is -2.35. The van der Waals surface area contributed by atoms with Gasteiger partial charge in [-0.25, -0.2) is 4.39 Å². The summed E-state index contributed by atoms with van der Waals surface area (Å²) in [6, 6.07) is 4.29. The molecule has 8 rings (SSSR count). The highest BCUT2D eigenvalue weighted by Gasteiger charge is 2.44. The zero-order valence-corrected chi connectivity index (χ0v) is 23.9. The van der Waals surface area contributed by atoms with Gasteiger partial charge in [0, 0.05) is 55.0 Å². The Morgan fingerprint density at radius 3 is 2.57 bits per heavy atom. The Hall–Kier alpha value is -4.94. The van der Waals surface area contributed by atoms with Crippen molar-refractivity contribution in [2.24, 2.45) is 13.0 Å². The second-order valence-corrected chi connectivity index (χ2v) is 12.3. The van der Waals surface area contributed by atoms with Crippen LogP contribution >= 0.6 is 0 Å². The summed E-state index contributed by atoms with van der Waals surface area (Å²) < 4.78 is 18.0. The molecule has 12 nitrogen and oxygen atoms in total. The van der Waals surface area contributed by atoms with Crippen LogP contribution in [0.15, 0.2) is 36.8 Å². The van der Waals surface area contributed by atoms with E-state index in [0.717, 1.165) is 47.5 Å². The van der Waals surface area contributed by atoms with Crippen molar-refractivity contribution in [3.8, 4) is 11.3 Å². The van der Waals surface area contributed by atoms with Crippen molar-refractivity contribution in [3.05, 3.63) is 59.4 Å². The highest BCUT2D eigenvalue weighted by Crippen LogP contribution is 2.46. The number of hydrogen-bond acceptors (Lipinski definition) is 8. The number of imide groups is 2. The molecule has 0 radical (unpaired) electrons. The Morgan fingerprint density at radius 2 is 1.80 bits per heavy atom. The number of halogens is 1. The van der Waals surface area contributed by atoms with E-state index in [1.54, 1.807) is 36.1 Å². The van der Waals surface area contributed by atoms with Gasteiger partial charge in [-0.15, -0.1) is 0 Å². The molecular weight excluding hydrogens is 567 g/mol. The number of aryl methyl sites for hydroxylation is 1. The number of rotatable bonds is 7. The second-order valence-electron chi connectivity index (χ2n) is 12.3. The SMILES string of the molecule is Cn1cc2c(-c3cn([C@H]4C[C@H](CNc5ccc6c(c5)C(=O)N(C5CCC(=O)NC5=O)C6=O)C4)nc3C3CC3)ncc(F)c2n1. The van der Waals surface area contributed by atoms with E-state index in [0.29, 0.717) is 35.0 Å². The van der Waals surface area contributed by atoms with E-state index in [1.165, 1.54) is 6.20 Å². The molecule has 13 heteroatoms. The molecule has 1 atom stereocenters. The number of nitrogens with zero attached hydrogens (tertiary/aromatic N) is 6. The minimum atomic E-state index is -0.985. The third-order valence-electron chi connectivity index (χ3n) is 9.22. The van der Waals surface area contributed by atoms with Crippen LogP contribution in [0.1, 0.15) is 76.9 Å². The van der Waals surface area contributed by atoms with Crippen LogP contribution in [0.4, 0.5) is 10.1 Å². The molecule has 0 bridgehead atoms. The Bertz CT molecular complexity index is 1900. The van der Waals surface area contributed by atoms with Gasteiger partial charge in [0.2, 0.25) is 11.8 Å². The quantitative estimate of drug-likeness (QED) is 0.309. The normalized spacial score (nSPS) is 23.2. The number of aromatic nitrogens is 5. The minimum Gasteiger partial charge on any atom is -0.385 e. The van der Waals surface area contributed by atoms with Gasteiger partial charge < -0.3 is 5.32 Å². The molecule has 224 valence electrons. The summed E-state index contributed by atoms with van der Waals surface area (Å²) in [7, 11) is 1.77. The lowest BCUT2D eigenvalue weighted by Crippen LogP contribution is -2.54. The molecule has 2 N–H and O–H groups in total. The van der Waals surface area contributed by atoms with Crippen molar-refractivity contribution in [1.82, 2.24) is 34.8 Å². The molecular formula is C31H29FN8O4. The molecule has 5 heterocycles. The van der Waals surface area contributed by atoms with E-state index >= 15 is 0 Å². The molecule has 1 unspecified atom stereocenters. The van der Waals surface area contributed by atoms with Crippen LogP contribution in [0.5, 0.6) is 0 Å². The van der Waals surface area contributed by atoms with Gasteiger partial charge in [-0.2, -0.15) is 10.2 Å². The fourth-order valence-electron chi connectivity index (χ4n) is 6.66. The molecule has 0 spiro atoms. The molecule has 1 saturated heterocycles. The summed E-state index contributed by atoms with van der Waals surface area (Å²) >= 11 is 0. The summed E-state index contributed by atoms with van der Waals surface area (Å²) in [5.74, 6) is -1.73. The molecule has 4 aromatic rings. The Morgan fingerprint density at radius 1 is 1.00 bits per heavy atom. The zero-order valence-electron chi connectivity index (χ0n) is 23.9. The summed E-state index contributed by atoms with van der Waals surface area (Å²) in [6.45, 7) is 0.688. The topological polar surface area (TPSA) is 144 Å². The van der Waals surface area contributed by atoms with Gasteiger partial charge >= 0.3 is 0 Å². The number of amides is 4. The zero-order chi connectivity index (χ0) is 30.3. The number of anilines is 1. The number of hydrogen-bond donors (Lipinski definition) is 2. The van der Waals surface area contributed by atoms with Crippen LogP contribution in [0, 0.1) is 11.7 Å². The molecule has 1 aromatic carbocycles. The Labute approximate surface area is 250 Å². The van der Waals surface area contributed by atoms with E-state index < -0.39 is 35.5 Å². The Kier molecular flexibility index (Phi) is 5.94. The average molecular weight is 597 g/mol. The van der Waals surface area contributed by atoms with Crippen LogP contribution in [0.25, 0.3) is 22.2 Å². The predicted octanol–water partition coefficient (Wildman–Crippen LogP) is 3.31. The fourth-order valence-corrected chi connectivity index (χ4v) is 6.66. The van der Waals surface area contributed by atoms with Crippen LogP contribution in [0.3, 0.4) is 0 Å². The van der Waals surface area contributed by atoms with Gasteiger partial charge in [-0.05, 0) is 56.2 Å². The number of nitrogens with one attached hydrogen (secondary N) is 2. The average Bonchev–Trinajstić information content (AvgIpc) is 3.53. The maximum Gasteiger partial charge on any atom is 0.262 e. The molecule has 4 aliphatic rings. The minimum absolute atomic E-state index is 0.0816. The van der Waals surface area contributed by atoms with Crippen molar-refractivity contribution in [3.63, 3.8) is 0 Å². The van der Waals surface area contributed by atoms with E-state index in [4.69, 9.17) is 5.10 Å². The molecule has 3 aromatic heterocycles. The van der Waals surface area contributed by atoms with Crippen LogP contribution in [-0.4, -0.2) is 65.7 Å². The van der Waals surface area contributed by atoms with E-state index in [9.17, 15) is 23.6 Å².